The van der Waals surface area contributed by atoms with E-state index in [2.05, 4.69) is 15.3 Å². The fourth-order valence-corrected chi connectivity index (χ4v) is 2.21. The fourth-order valence-electron chi connectivity index (χ4n) is 2.21. The quantitative estimate of drug-likeness (QED) is 0.321. The van der Waals surface area contributed by atoms with Crippen molar-refractivity contribution in [1.82, 2.24) is 0 Å². The summed E-state index contributed by atoms with van der Waals surface area (Å²) in [5.74, 6) is -5.92. The number of aryl methyl sites for hydroxylation is 1. The largest absolute Gasteiger partial charge is 0.477 e. The minimum absolute atomic E-state index is 0.191. The second-order valence-electron chi connectivity index (χ2n) is 6.01. The third kappa shape index (κ3) is 6.21. The highest BCUT2D eigenvalue weighted by Crippen LogP contribution is 2.28. The average Bonchev–Trinajstić information content (AvgIpc) is 2.68. The van der Waals surface area contributed by atoms with E-state index in [1.54, 1.807) is 6.92 Å². The van der Waals surface area contributed by atoms with Gasteiger partial charge >= 0.3 is 11.9 Å². The van der Waals surface area contributed by atoms with Crippen LogP contribution in [0.5, 0.6) is 0 Å². The molecule has 0 spiro atoms. The maximum atomic E-state index is 14.3. The number of oxime groups is 1. The van der Waals surface area contributed by atoms with Crippen LogP contribution >= 0.6 is 0 Å². The van der Waals surface area contributed by atoms with Crippen LogP contribution in [0.2, 0.25) is 0 Å². The van der Waals surface area contributed by atoms with Crippen molar-refractivity contribution in [1.29, 1.82) is 0 Å². The predicted octanol–water partition coefficient (Wildman–Crippen LogP) is 2.76. The van der Waals surface area contributed by atoms with Gasteiger partial charge in [0.15, 0.2) is 17.8 Å². The Kier molecular flexibility index (Phi) is 7.76. The number of esters is 1. The fraction of sp³-hybridized carbons (Fsp3) is 0.211. The highest BCUT2D eigenvalue weighted by molar-refractivity contribution is 6.21. The molecule has 0 amide bonds. The van der Waals surface area contributed by atoms with Crippen molar-refractivity contribution < 1.29 is 42.5 Å². The summed E-state index contributed by atoms with van der Waals surface area (Å²) in [4.78, 5) is 27.0. The Balaban J connectivity index is 2.12. The number of carboxylic acid groups (broad SMARTS) is 1. The Morgan fingerprint density at radius 2 is 1.90 bits per heavy atom. The molecular formula is C19H17F3N2O6. The number of nitrogens with one attached hydrogen (secondary N) is 1. The molecule has 2 rings (SSSR count). The summed E-state index contributed by atoms with van der Waals surface area (Å²) in [6.07, 6.45) is -0.932. The number of ether oxygens (including phenoxy) is 1. The van der Waals surface area contributed by atoms with Crippen LogP contribution in [-0.4, -0.2) is 47.7 Å². The highest BCUT2D eigenvalue weighted by atomic mass is 19.2. The van der Waals surface area contributed by atoms with Gasteiger partial charge in [0.05, 0.1) is 16.9 Å². The number of aliphatic carboxylic acids is 1. The summed E-state index contributed by atoms with van der Waals surface area (Å²) < 4.78 is 46.8. The summed E-state index contributed by atoms with van der Waals surface area (Å²) in [6.45, 7) is 0.535. The zero-order chi connectivity index (χ0) is 22.3. The third-order valence-corrected chi connectivity index (χ3v) is 3.61. The van der Waals surface area contributed by atoms with Crippen molar-refractivity contribution >= 4 is 29.5 Å². The molecule has 0 bridgehead atoms. The lowest BCUT2D eigenvalue weighted by atomic mass is 10.1. The van der Waals surface area contributed by atoms with E-state index in [4.69, 9.17) is 9.84 Å². The van der Waals surface area contributed by atoms with Gasteiger partial charge in [-0.3, -0.25) is 0 Å². The van der Waals surface area contributed by atoms with Crippen LogP contribution in [0.15, 0.2) is 35.5 Å². The summed E-state index contributed by atoms with van der Waals surface area (Å²) in [5, 5.41) is 23.4. The predicted molar refractivity (Wildman–Crippen MR) is 99.1 cm³/mol. The van der Waals surface area contributed by atoms with Gasteiger partial charge in [-0.05, 0) is 36.8 Å². The van der Waals surface area contributed by atoms with E-state index in [0.717, 1.165) is 6.07 Å². The minimum atomic E-state index is -1.42. The number of nitrogens with zero attached hydrogens (tertiary/aromatic N) is 1. The van der Waals surface area contributed by atoms with Crippen molar-refractivity contribution in [3.63, 3.8) is 0 Å². The summed E-state index contributed by atoms with van der Waals surface area (Å²) in [6, 6.07) is 5.63. The van der Waals surface area contributed by atoms with Gasteiger partial charge in [-0.25, -0.2) is 22.8 Å². The molecule has 2 aromatic carbocycles. The van der Waals surface area contributed by atoms with Gasteiger partial charge in [-0.15, -0.1) is 0 Å². The smallest absolute Gasteiger partial charge is 0.350 e. The molecule has 0 saturated heterocycles. The molecule has 160 valence electrons. The van der Waals surface area contributed by atoms with Crippen molar-refractivity contribution in [2.45, 2.75) is 13.0 Å². The van der Waals surface area contributed by atoms with Crippen LogP contribution in [0.1, 0.15) is 15.9 Å². The highest BCUT2D eigenvalue weighted by Gasteiger charge is 2.22. The Bertz CT molecular complexity index is 968. The lowest BCUT2D eigenvalue weighted by molar-refractivity contribution is -0.129. The van der Waals surface area contributed by atoms with Crippen LogP contribution in [0, 0.1) is 24.4 Å². The van der Waals surface area contributed by atoms with Gasteiger partial charge in [0, 0.05) is 0 Å². The first-order valence-corrected chi connectivity index (χ1v) is 8.43. The van der Waals surface area contributed by atoms with E-state index in [1.807, 2.05) is 0 Å². The summed E-state index contributed by atoms with van der Waals surface area (Å²) >= 11 is 0. The number of hydrogen-bond acceptors (Lipinski definition) is 7. The topological polar surface area (TPSA) is 117 Å². The van der Waals surface area contributed by atoms with E-state index in [0.29, 0.717) is 17.8 Å². The van der Waals surface area contributed by atoms with Gasteiger partial charge in [-0.2, -0.15) is 0 Å². The molecule has 0 aliphatic rings. The molecule has 0 aliphatic heterocycles. The number of halogens is 3. The van der Waals surface area contributed by atoms with Crippen LogP contribution in [0.4, 0.5) is 24.5 Å². The first kappa shape index (κ1) is 22.7. The Morgan fingerprint density at radius 1 is 1.17 bits per heavy atom. The number of carbonyl (C=O) groups excluding carboxylic acids is 1. The molecule has 3 N–H and O–H groups in total. The Hall–Kier alpha value is -3.60. The standard InChI is InChI=1S/C19H17F3N2O6/c1-10-2-5-15(14(21)6-10)24-18-12(3-4-13(20)17(18)22)19(28)29-8-11(25)9-30-23-7-16(26)27/h2-7,11,24-25H,8-9H2,1H3,(H,26,27)/b23-7+. The second kappa shape index (κ2) is 10.3. The lowest BCUT2D eigenvalue weighted by Crippen LogP contribution is -2.23. The molecule has 11 heteroatoms. The number of benzene rings is 2. The number of hydrogen-bond donors (Lipinski definition) is 3. The molecule has 30 heavy (non-hydrogen) atoms. The van der Waals surface area contributed by atoms with Crippen LogP contribution in [0.3, 0.4) is 0 Å². The molecule has 2 aromatic rings. The molecule has 0 heterocycles. The van der Waals surface area contributed by atoms with E-state index in [9.17, 15) is 27.9 Å². The first-order chi connectivity index (χ1) is 14.2. The molecule has 0 fully saturated rings. The Morgan fingerprint density at radius 3 is 2.57 bits per heavy atom. The number of carboxylic acids is 1. The van der Waals surface area contributed by atoms with Gasteiger partial charge in [0.1, 0.15) is 25.1 Å². The minimum Gasteiger partial charge on any atom is -0.477 e. The molecule has 0 aromatic heterocycles. The van der Waals surface area contributed by atoms with Crippen molar-refractivity contribution in [2.75, 3.05) is 18.5 Å². The molecule has 8 nitrogen and oxygen atoms in total. The number of rotatable bonds is 9. The van der Waals surface area contributed by atoms with Gasteiger partial charge < -0.3 is 25.1 Å². The maximum absolute atomic E-state index is 14.3. The molecule has 0 radical (unpaired) electrons. The van der Waals surface area contributed by atoms with E-state index in [1.165, 1.54) is 18.2 Å². The van der Waals surface area contributed by atoms with Crippen molar-refractivity contribution in [3.8, 4) is 0 Å². The molecule has 1 unspecified atom stereocenters. The monoisotopic (exact) mass is 426 g/mol. The Labute approximate surface area is 168 Å². The zero-order valence-corrected chi connectivity index (χ0v) is 15.6. The molecule has 0 aliphatic carbocycles. The van der Waals surface area contributed by atoms with E-state index in [-0.39, 0.29) is 5.69 Å². The SMILES string of the molecule is Cc1ccc(Nc2c(C(=O)OCC(O)CO/N=C/C(=O)O)ccc(F)c2F)c(F)c1. The third-order valence-electron chi connectivity index (χ3n) is 3.61. The molecule has 0 saturated carbocycles. The van der Waals surface area contributed by atoms with Crippen LogP contribution < -0.4 is 5.32 Å². The summed E-state index contributed by atoms with van der Waals surface area (Å²) in [5.41, 5.74) is -0.671. The van der Waals surface area contributed by atoms with Crippen molar-refractivity contribution in [3.05, 3.63) is 58.9 Å². The molecular weight excluding hydrogens is 409 g/mol. The summed E-state index contributed by atoms with van der Waals surface area (Å²) in [7, 11) is 0. The van der Waals surface area contributed by atoms with E-state index < -0.39 is 60.0 Å². The van der Waals surface area contributed by atoms with Crippen LogP contribution in [0.25, 0.3) is 0 Å². The van der Waals surface area contributed by atoms with Gasteiger partial charge in [-0.1, -0.05) is 11.2 Å². The molecule has 1 atom stereocenters. The van der Waals surface area contributed by atoms with Crippen LogP contribution in [-0.2, 0) is 14.4 Å². The average molecular weight is 426 g/mol. The first-order valence-electron chi connectivity index (χ1n) is 8.43. The van der Waals surface area contributed by atoms with Crippen molar-refractivity contribution in [2.24, 2.45) is 5.16 Å². The number of aliphatic hydroxyl groups excluding tert-OH is 1. The van der Waals surface area contributed by atoms with E-state index >= 15 is 0 Å². The second-order valence-corrected chi connectivity index (χ2v) is 6.01. The van der Waals surface area contributed by atoms with Gasteiger partial charge in [0.25, 0.3) is 0 Å². The number of carbonyl (C=O) groups is 2. The van der Waals surface area contributed by atoms with Gasteiger partial charge in [0.2, 0.25) is 0 Å². The zero-order valence-electron chi connectivity index (χ0n) is 15.6. The number of anilines is 2. The maximum Gasteiger partial charge on any atom is 0.350 e. The lowest BCUT2D eigenvalue weighted by Gasteiger charge is -2.15. The number of aliphatic hydroxyl groups is 1. The normalized spacial score (nSPS) is 11.9.